The van der Waals surface area contributed by atoms with Crippen LogP contribution in [0.25, 0.3) is 0 Å². The lowest BCUT2D eigenvalue weighted by Gasteiger charge is -2.34. The zero-order valence-corrected chi connectivity index (χ0v) is 13.5. The number of aryl methyl sites for hydroxylation is 1. The van der Waals surface area contributed by atoms with E-state index in [1.54, 1.807) is 6.92 Å². The first kappa shape index (κ1) is 15.7. The molecule has 9 nitrogen and oxygen atoms in total. The van der Waals surface area contributed by atoms with Gasteiger partial charge in [-0.1, -0.05) is 0 Å². The minimum Gasteiger partial charge on any atom is -0.438 e. The molecule has 0 spiro atoms. The molecule has 0 saturated carbocycles. The van der Waals surface area contributed by atoms with Crippen LogP contribution in [-0.2, 0) is 14.6 Å². The van der Waals surface area contributed by atoms with E-state index in [0.717, 1.165) is 6.26 Å². The van der Waals surface area contributed by atoms with E-state index in [4.69, 9.17) is 9.15 Å². The lowest BCUT2D eigenvalue weighted by Crippen LogP contribution is -2.44. The Balaban J connectivity index is 1.99. The number of amides is 1. The minimum atomic E-state index is -3.47. The molecule has 1 fully saturated rings. The van der Waals surface area contributed by atoms with Crippen LogP contribution in [0.1, 0.15) is 28.0 Å². The van der Waals surface area contributed by atoms with Crippen molar-refractivity contribution in [1.29, 1.82) is 0 Å². The van der Waals surface area contributed by atoms with E-state index in [-0.39, 0.29) is 23.2 Å². The maximum Gasteiger partial charge on any atom is 0.292 e. The van der Waals surface area contributed by atoms with Crippen molar-refractivity contribution in [2.24, 2.45) is 0 Å². The lowest BCUT2D eigenvalue weighted by atomic mass is 10.1. The largest absolute Gasteiger partial charge is 0.438 e. The molecule has 1 amide bonds. The van der Waals surface area contributed by atoms with Gasteiger partial charge < -0.3 is 14.1 Å². The summed E-state index contributed by atoms with van der Waals surface area (Å²) < 4.78 is 34.3. The number of carbonyl (C=O) groups excluding carboxylic acids is 1. The van der Waals surface area contributed by atoms with Crippen LogP contribution >= 0.6 is 0 Å². The Kier molecular flexibility index (Phi) is 3.94. The highest BCUT2D eigenvalue weighted by molar-refractivity contribution is 7.90. The number of hydrogen-bond donors (Lipinski definition) is 1. The maximum atomic E-state index is 12.7. The number of hydrogen-bond acceptors (Lipinski definition) is 7. The van der Waals surface area contributed by atoms with Crippen LogP contribution in [0.5, 0.6) is 0 Å². The number of nitrogens with zero attached hydrogens (tertiary/aromatic N) is 3. The molecule has 2 aromatic heterocycles. The van der Waals surface area contributed by atoms with Crippen LogP contribution in [0.15, 0.2) is 21.9 Å². The summed E-state index contributed by atoms with van der Waals surface area (Å²) in [6.07, 6.45) is 3.54. The summed E-state index contributed by atoms with van der Waals surface area (Å²) in [5, 5.41) is 6.48. The van der Waals surface area contributed by atoms with Crippen LogP contribution in [0, 0.1) is 6.92 Å². The number of H-pyrrole nitrogens is 1. The average Bonchev–Trinajstić information content (AvgIpc) is 3.14. The highest BCUT2D eigenvalue weighted by Gasteiger charge is 2.35. The summed E-state index contributed by atoms with van der Waals surface area (Å²) in [5.74, 6) is -0.223. The molecule has 0 radical (unpaired) electrons. The standard InChI is InChI=1S/C13H16N4O5S/c1-8-12(22-7-14-8)13(18)17-3-4-21-6-9(17)11-10(5-15-16-11)23(2,19)20/h5,7,9H,3-4,6H2,1-2H3,(H,15,16). The van der Waals surface area contributed by atoms with E-state index in [1.165, 1.54) is 17.5 Å². The molecule has 3 heterocycles. The van der Waals surface area contributed by atoms with Gasteiger partial charge in [-0.2, -0.15) is 5.10 Å². The Morgan fingerprint density at radius 2 is 2.26 bits per heavy atom. The molecule has 0 aliphatic carbocycles. The van der Waals surface area contributed by atoms with Crippen molar-refractivity contribution in [2.45, 2.75) is 17.9 Å². The normalized spacial score (nSPS) is 19.0. The molecule has 2 aromatic rings. The van der Waals surface area contributed by atoms with Crippen molar-refractivity contribution in [3.8, 4) is 0 Å². The van der Waals surface area contributed by atoms with Gasteiger partial charge >= 0.3 is 0 Å². The molecule has 0 aromatic carbocycles. The second-order valence-corrected chi connectivity index (χ2v) is 7.26. The number of ether oxygens (including phenoxy) is 1. The van der Waals surface area contributed by atoms with Gasteiger partial charge in [0.1, 0.15) is 4.90 Å². The minimum absolute atomic E-state index is 0.0556. The molecule has 1 aliphatic heterocycles. The fraction of sp³-hybridized carbons (Fsp3) is 0.462. The number of carbonyl (C=O) groups is 1. The van der Waals surface area contributed by atoms with Crippen LogP contribution in [-0.4, -0.2) is 60.4 Å². The van der Waals surface area contributed by atoms with Gasteiger partial charge in [0, 0.05) is 12.8 Å². The van der Waals surface area contributed by atoms with E-state index < -0.39 is 15.9 Å². The van der Waals surface area contributed by atoms with Crippen molar-refractivity contribution in [3.05, 3.63) is 29.7 Å². The summed E-state index contributed by atoms with van der Waals surface area (Å²) in [6, 6.07) is -0.590. The predicted octanol–water partition coefficient (Wildman–Crippen LogP) is 0.323. The van der Waals surface area contributed by atoms with Gasteiger partial charge in [0.15, 0.2) is 16.2 Å². The van der Waals surface area contributed by atoms with Gasteiger partial charge in [0.2, 0.25) is 5.76 Å². The molecule has 1 N–H and O–H groups in total. The Labute approximate surface area is 132 Å². The monoisotopic (exact) mass is 340 g/mol. The first-order valence-corrected chi connectivity index (χ1v) is 8.81. The van der Waals surface area contributed by atoms with Gasteiger partial charge in [0.25, 0.3) is 5.91 Å². The number of morpholine rings is 1. The van der Waals surface area contributed by atoms with Gasteiger partial charge in [-0.3, -0.25) is 9.89 Å². The van der Waals surface area contributed by atoms with Gasteiger partial charge in [0.05, 0.1) is 36.8 Å². The topological polar surface area (TPSA) is 118 Å². The van der Waals surface area contributed by atoms with Crippen molar-refractivity contribution in [2.75, 3.05) is 26.0 Å². The number of sulfone groups is 1. The summed E-state index contributed by atoms with van der Waals surface area (Å²) in [5.41, 5.74) is 0.811. The fourth-order valence-electron chi connectivity index (χ4n) is 2.54. The SMILES string of the molecule is Cc1ncoc1C(=O)N1CCOCC1c1[nH]ncc1S(C)(=O)=O. The van der Waals surface area contributed by atoms with E-state index in [0.29, 0.717) is 24.5 Å². The Bertz CT molecular complexity index is 825. The summed E-state index contributed by atoms with van der Waals surface area (Å²) in [6.45, 7) is 2.51. The molecule has 0 bridgehead atoms. The molecule has 124 valence electrons. The third-order valence-corrected chi connectivity index (χ3v) is 4.82. The summed E-state index contributed by atoms with van der Waals surface area (Å²) in [7, 11) is -3.47. The molecular formula is C13H16N4O5S. The zero-order chi connectivity index (χ0) is 16.6. The molecule has 10 heteroatoms. The summed E-state index contributed by atoms with van der Waals surface area (Å²) >= 11 is 0. The highest BCUT2D eigenvalue weighted by Crippen LogP contribution is 2.29. The smallest absolute Gasteiger partial charge is 0.292 e. The third-order valence-electron chi connectivity index (χ3n) is 3.69. The van der Waals surface area contributed by atoms with Gasteiger partial charge in [-0.25, -0.2) is 13.4 Å². The molecule has 1 aliphatic rings. The van der Waals surface area contributed by atoms with Crippen LogP contribution in [0.3, 0.4) is 0 Å². The maximum absolute atomic E-state index is 12.7. The molecule has 3 rings (SSSR count). The van der Waals surface area contributed by atoms with Crippen molar-refractivity contribution in [1.82, 2.24) is 20.1 Å². The van der Waals surface area contributed by atoms with Gasteiger partial charge in [-0.15, -0.1) is 0 Å². The quantitative estimate of drug-likeness (QED) is 0.855. The van der Waals surface area contributed by atoms with E-state index in [9.17, 15) is 13.2 Å². The zero-order valence-electron chi connectivity index (χ0n) is 12.6. The lowest BCUT2D eigenvalue weighted by molar-refractivity contribution is -0.00626. The van der Waals surface area contributed by atoms with Crippen LogP contribution < -0.4 is 0 Å². The molecule has 1 saturated heterocycles. The summed E-state index contributed by atoms with van der Waals surface area (Å²) in [4.78, 5) is 18.2. The first-order valence-electron chi connectivity index (χ1n) is 6.91. The second-order valence-electron chi connectivity index (χ2n) is 5.28. The van der Waals surface area contributed by atoms with E-state index >= 15 is 0 Å². The van der Waals surface area contributed by atoms with Crippen LogP contribution in [0.4, 0.5) is 0 Å². The molecular weight excluding hydrogens is 324 g/mol. The number of rotatable bonds is 3. The van der Waals surface area contributed by atoms with Crippen molar-refractivity contribution in [3.63, 3.8) is 0 Å². The number of nitrogens with one attached hydrogen (secondary N) is 1. The predicted molar refractivity (Wildman–Crippen MR) is 77.5 cm³/mol. The Morgan fingerprint density at radius 1 is 1.48 bits per heavy atom. The van der Waals surface area contributed by atoms with Crippen molar-refractivity contribution >= 4 is 15.7 Å². The van der Waals surface area contributed by atoms with Crippen LogP contribution in [0.2, 0.25) is 0 Å². The third kappa shape index (κ3) is 2.86. The number of aromatic nitrogens is 3. The highest BCUT2D eigenvalue weighted by atomic mass is 32.2. The average molecular weight is 340 g/mol. The van der Waals surface area contributed by atoms with E-state index in [2.05, 4.69) is 15.2 Å². The molecule has 1 unspecified atom stereocenters. The second kappa shape index (κ2) is 5.78. The molecule has 23 heavy (non-hydrogen) atoms. The Morgan fingerprint density at radius 3 is 2.91 bits per heavy atom. The molecule has 1 atom stereocenters. The first-order chi connectivity index (χ1) is 10.9. The van der Waals surface area contributed by atoms with Crippen molar-refractivity contribution < 1.29 is 22.4 Å². The fourth-order valence-corrected chi connectivity index (χ4v) is 3.37. The van der Waals surface area contributed by atoms with Gasteiger partial charge in [-0.05, 0) is 6.92 Å². The number of oxazole rings is 1. The Hall–Kier alpha value is -2.20. The van der Waals surface area contributed by atoms with E-state index in [1.807, 2.05) is 0 Å². The number of aromatic amines is 1.